The maximum absolute atomic E-state index is 13.0. The molecule has 9 heteroatoms. The number of rotatable bonds is 2. The van der Waals surface area contributed by atoms with Gasteiger partial charge in [-0.2, -0.15) is 10.4 Å². The number of esters is 1. The number of nitriles is 1. The van der Waals surface area contributed by atoms with Crippen molar-refractivity contribution in [3.05, 3.63) is 78.0 Å². The Kier molecular flexibility index (Phi) is 8.88. The third-order valence-corrected chi connectivity index (χ3v) is 7.77. The summed E-state index contributed by atoms with van der Waals surface area (Å²) in [6.07, 6.45) is 3.55. The fourth-order valence-corrected chi connectivity index (χ4v) is 5.62. The van der Waals surface area contributed by atoms with Gasteiger partial charge < -0.3 is 20.1 Å². The Labute approximate surface area is 250 Å². The normalized spacial score (nSPS) is 18.7. The van der Waals surface area contributed by atoms with E-state index >= 15 is 0 Å². The molecule has 3 aromatic carbocycles. The number of phenolic OH excluding ortho intramolecular Hbond substituents is 1. The minimum Gasteiger partial charge on any atom is -0.508 e. The highest BCUT2D eigenvalue weighted by Crippen LogP contribution is 2.36. The van der Waals surface area contributed by atoms with Gasteiger partial charge in [-0.25, -0.2) is 5.01 Å². The molecule has 0 aliphatic carbocycles. The monoisotopic (exact) mass is 577 g/mol. The number of aromatic nitrogens is 1. The summed E-state index contributed by atoms with van der Waals surface area (Å²) in [5.41, 5.74) is 11.9. The van der Waals surface area contributed by atoms with Gasteiger partial charge >= 0.3 is 5.97 Å². The number of phenols is 1. The summed E-state index contributed by atoms with van der Waals surface area (Å²) in [5, 5.41) is 26.5. The highest BCUT2D eigenvalue weighted by atomic mass is 16.5. The number of benzene rings is 3. The Morgan fingerprint density at radius 3 is 2.67 bits per heavy atom. The van der Waals surface area contributed by atoms with Crippen molar-refractivity contribution in [2.24, 2.45) is 16.8 Å². The first-order valence-electron chi connectivity index (χ1n) is 14.4. The lowest BCUT2D eigenvalue weighted by atomic mass is 9.96. The van der Waals surface area contributed by atoms with Gasteiger partial charge in [-0.3, -0.25) is 9.59 Å². The summed E-state index contributed by atoms with van der Waals surface area (Å²) >= 11 is 0. The smallest absolute Gasteiger partial charge is 0.305 e. The summed E-state index contributed by atoms with van der Waals surface area (Å²) < 4.78 is 7.72. The van der Waals surface area contributed by atoms with E-state index in [9.17, 15) is 20.0 Å². The fourth-order valence-electron chi connectivity index (χ4n) is 5.62. The molecule has 220 valence electrons. The number of ether oxygens (including phenoxy) is 1. The zero-order valence-electron chi connectivity index (χ0n) is 24.2. The average Bonchev–Trinajstić information content (AvgIpc) is 3.36. The number of hydrogen-bond donors (Lipinski definition) is 2. The Morgan fingerprint density at radius 1 is 1.07 bits per heavy atom. The zero-order valence-corrected chi connectivity index (χ0v) is 24.2. The van der Waals surface area contributed by atoms with E-state index < -0.39 is 6.04 Å². The molecule has 1 aliphatic rings. The maximum Gasteiger partial charge on any atom is 0.305 e. The molecule has 4 bridgehead atoms. The third-order valence-electron chi connectivity index (χ3n) is 7.77. The number of hydrazone groups is 1. The average molecular weight is 578 g/mol. The van der Waals surface area contributed by atoms with E-state index in [4.69, 9.17) is 10.5 Å². The van der Waals surface area contributed by atoms with Crippen LogP contribution < -0.4 is 5.73 Å². The van der Waals surface area contributed by atoms with E-state index in [0.29, 0.717) is 37.1 Å². The standard InChI is InChI=1S/C34H35N5O4/c1-22-19-38-20-30(28-8-4-3-7-25(28)18-35)29-11-10-24(17-32(29)38)26-13-23(14-27(40)16-26)15-31(36)34(42)39(37-2)12-6-5-9-33(41)43-21-22/h3-4,7-8,10-11,13-14,16-17,20,22,31,40H,2,5-6,9,12,15,19,21,36H2,1H3/t22-,31-/m0/s1. The number of amides is 1. The predicted molar refractivity (Wildman–Crippen MR) is 166 cm³/mol. The first-order chi connectivity index (χ1) is 20.8. The number of carbonyl (C=O) groups is 2. The SMILES string of the molecule is C=NN1CCCCC(=O)OC[C@@H](C)Cn2cc(-c3ccccc3C#N)c3ccc(cc32)-c2cc(O)cc(c2)C[C@H](N)C1=O. The minimum absolute atomic E-state index is 0.0137. The van der Waals surface area contributed by atoms with Crippen LogP contribution in [0.25, 0.3) is 33.2 Å². The van der Waals surface area contributed by atoms with Crippen LogP contribution in [0.5, 0.6) is 5.75 Å². The van der Waals surface area contributed by atoms with Crippen LogP contribution in [0.2, 0.25) is 0 Å². The Bertz CT molecular complexity index is 1720. The molecule has 0 saturated heterocycles. The van der Waals surface area contributed by atoms with Crippen LogP contribution in [0.1, 0.15) is 37.3 Å². The van der Waals surface area contributed by atoms with Gasteiger partial charge in [0.05, 0.1) is 24.3 Å². The van der Waals surface area contributed by atoms with Gasteiger partial charge in [0.15, 0.2) is 0 Å². The van der Waals surface area contributed by atoms with E-state index in [-0.39, 0.29) is 43.0 Å². The van der Waals surface area contributed by atoms with E-state index in [1.807, 2.05) is 49.5 Å². The highest BCUT2D eigenvalue weighted by molar-refractivity contribution is 5.99. The van der Waals surface area contributed by atoms with Gasteiger partial charge in [0, 0.05) is 60.4 Å². The van der Waals surface area contributed by atoms with Gasteiger partial charge in [-0.05, 0) is 60.2 Å². The number of nitrogens with zero attached hydrogens (tertiary/aromatic N) is 4. The first-order valence-corrected chi connectivity index (χ1v) is 14.4. The van der Waals surface area contributed by atoms with Crippen molar-refractivity contribution in [1.29, 1.82) is 5.26 Å². The zero-order chi connectivity index (χ0) is 30.5. The Hall–Kier alpha value is -4.94. The van der Waals surface area contributed by atoms with Gasteiger partial charge in [-0.1, -0.05) is 43.3 Å². The maximum atomic E-state index is 13.0. The van der Waals surface area contributed by atoms with Crippen molar-refractivity contribution in [2.75, 3.05) is 13.2 Å². The van der Waals surface area contributed by atoms with Crippen LogP contribution >= 0.6 is 0 Å². The van der Waals surface area contributed by atoms with Crippen LogP contribution in [-0.4, -0.2) is 52.5 Å². The molecule has 1 aromatic heterocycles. The molecule has 0 saturated carbocycles. The second-order valence-corrected chi connectivity index (χ2v) is 11.1. The topological polar surface area (TPSA) is 134 Å². The van der Waals surface area contributed by atoms with Crippen molar-refractivity contribution in [3.8, 4) is 34.1 Å². The summed E-state index contributed by atoms with van der Waals surface area (Å²) in [6, 6.07) is 20.2. The molecular weight excluding hydrogens is 542 g/mol. The van der Waals surface area contributed by atoms with Gasteiger partial charge in [0.25, 0.3) is 5.91 Å². The van der Waals surface area contributed by atoms with Crippen LogP contribution in [0.3, 0.4) is 0 Å². The van der Waals surface area contributed by atoms with Crippen molar-refractivity contribution >= 4 is 29.5 Å². The van der Waals surface area contributed by atoms with Gasteiger partial charge in [-0.15, -0.1) is 0 Å². The molecule has 3 N–H and O–H groups in total. The number of carbonyl (C=O) groups excluding carboxylic acids is 2. The van der Waals surface area contributed by atoms with Crippen molar-refractivity contribution in [3.63, 3.8) is 0 Å². The molecule has 2 atom stereocenters. The van der Waals surface area contributed by atoms with Crippen LogP contribution in [-0.2, 0) is 27.3 Å². The minimum atomic E-state index is -0.889. The lowest BCUT2D eigenvalue weighted by Crippen LogP contribution is -2.42. The lowest BCUT2D eigenvalue weighted by Gasteiger charge is -2.21. The Morgan fingerprint density at radius 2 is 1.88 bits per heavy atom. The number of aromatic hydroxyl groups is 1. The molecule has 1 amide bonds. The van der Waals surface area contributed by atoms with Gasteiger partial charge in [0.2, 0.25) is 0 Å². The molecule has 2 heterocycles. The Balaban J connectivity index is 1.61. The number of nitrogens with two attached hydrogens (primary N) is 1. The van der Waals surface area contributed by atoms with Crippen LogP contribution in [0, 0.1) is 17.2 Å². The summed E-state index contributed by atoms with van der Waals surface area (Å²) in [7, 11) is 0. The van der Waals surface area contributed by atoms with Crippen LogP contribution in [0.15, 0.2) is 72.0 Å². The summed E-state index contributed by atoms with van der Waals surface area (Å²) in [5.74, 6) is -0.582. The number of hydrogen-bond acceptors (Lipinski definition) is 7. The second kappa shape index (κ2) is 12.9. The molecule has 43 heavy (non-hydrogen) atoms. The molecular formula is C34H35N5O4. The number of fused-ring (bicyclic) bond motifs is 4. The quantitative estimate of drug-likeness (QED) is 0.248. The molecule has 0 unspecified atom stereocenters. The van der Waals surface area contributed by atoms with Crippen molar-refractivity contribution in [1.82, 2.24) is 9.58 Å². The van der Waals surface area contributed by atoms with Crippen molar-refractivity contribution < 1.29 is 19.4 Å². The molecule has 0 spiro atoms. The summed E-state index contributed by atoms with van der Waals surface area (Å²) in [6.45, 7) is 6.68. The predicted octanol–water partition coefficient (Wildman–Crippen LogP) is 5.23. The number of cyclic esters (lactones) is 1. The third kappa shape index (κ3) is 6.60. The summed E-state index contributed by atoms with van der Waals surface area (Å²) in [4.78, 5) is 25.5. The highest BCUT2D eigenvalue weighted by Gasteiger charge is 2.22. The molecule has 5 rings (SSSR count). The first kappa shape index (κ1) is 29.5. The second-order valence-electron chi connectivity index (χ2n) is 11.1. The lowest BCUT2D eigenvalue weighted by molar-refractivity contribution is -0.145. The molecule has 9 nitrogen and oxygen atoms in total. The fraction of sp³-hybridized carbons (Fsp3) is 0.294. The molecule has 1 aliphatic heterocycles. The molecule has 0 radical (unpaired) electrons. The molecule has 0 fully saturated rings. The van der Waals surface area contributed by atoms with Gasteiger partial charge in [0.1, 0.15) is 5.75 Å². The van der Waals surface area contributed by atoms with E-state index in [1.165, 1.54) is 5.01 Å². The van der Waals surface area contributed by atoms with E-state index in [1.54, 1.807) is 18.2 Å². The van der Waals surface area contributed by atoms with Crippen molar-refractivity contribution in [2.45, 2.75) is 45.2 Å². The van der Waals surface area contributed by atoms with E-state index in [2.05, 4.69) is 28.5 Å². The molecule has 4 aromatic rings. The van der Waals surface area contributed by atoms with Crippen LogP contribution in [0.4, 0.5) is 0 Å². The van der Waals surface area contributed by atoms with E-state index in [0.717, 1.165) is 33.2 Å². The largest absolute Gasteiger partial charge is 0.508 e.